The molecular weight excluding hydrogens is 392 g/mol. The molecular formula is C20H26N4O4S. The fraction of sp³-hybridized carbons (Fsp3) is 0.600. The van der Waals surface area contributed by atoms with Gasteiger partial charge in [-0.15, -0.1) is 0 Å². The summed E-state index contributed by atoms with van der Waals surface area (Å²) in [4.78, 5) is 6.94. The second kappa shape index (κ2) is 7.28. The third-order valence-electron chi connectivity index (χ3n) is 6.71. The minimum atomic E-state index is -3.52. The summed E-state index contributed by atoms with van der Waals surface area (Å²) in [5, 5.41) is 4.25. The first-order chi connectivity index (χ1) is 14.0. The van der Waals surface area contributed by atoms with E-state index in [1.54, 1.807) is 31.4 Å². The Labute approximate surface area is 170 Å². The van der Waals surface area contributed by atoms with Crippen molar-refractivity contribution >= 4 is 16.0 Å². The van der Waals surface area contributed by atoms with Gasteiger partial charge in [0.15, 0.2) is 5.82 Å². The molecule has 0 radical (unpaired) electrons. The molecule has 5 rings (SSSR count). The van der Waals surface area contributed by atoms with Gasteiger partial charge in [-0.3, -0.25) is 0 Å². The van der Waals surface area contributed by atoms with Crippen molar-refractivity contribution in [2.75, 3.05) is 38.2 Å². The van der Waals surface area contributed by atoms with Crippen LogP contribution in [0.25, 0.3) is 0 Å². The van der Waals surface area contributed by atoms with Gasteiger partial charge in [0.2, 0.25) is 10.0 Å². The van der Waals surface area contributed by atoms with Crippen molar-refractivity contribution in [2.45, 2.75) is 36.5 Å². The average Bonchev–Trinajstić information content (AvgIpc) is 3.50. The van der Waals surface area contributed by atoms with Gasteiger partial charge >= 0.3 is 6.01 Å². The topological polar surface area (TPSA) is 88.8 Å². The van der Waals surface area contributed by atoms with Crippen molar-refractivity contribution in [2.24, 2.45) is 11.8 Å². The number of anilines is 1. The van der Waals surface area contributed by atoms with E-state index in [0.29, 0.717) is 49.8 Å². The Morgan fingerprint density at radius 3 is 2.45 bits per heavy atom. The average molecular weight is 419 g/mol. The second-order valence-corrected chi connectivity index (χ2v) is 10.2. The van der Waals surface area contributed by atoms with Crippen LogP contribution in [0.4, 0.5) is 6.01 Å². The van der Waals surface area contributed by atoms with E-state index in [1.807, 2.05) is 4.90 Å². The maximum Gasteiger partial charge on any atom is 0.324 e. The fourth-order valence-corrected chi connectivity index (χ4v) is 6.51. The van der Waals surface area contributed by atoms with Crippen LogP contribution in [0.15, 0.2) is 33.7 Å². The Morgan fingerprint density at radius 2 is 1.83 bits per heavy atom. The Kier molecular flexibility index (Phi) is 4.74. The first-order valence-electron chi connectivity index (χ1n) is 10.3. The summed E-state index contributed by atoms with van der Waals surface area (Å²) in [7, 11) is -1.96. The van der Waals surface area contributed by atoms with Crippen molar-refractivity contribution in [1.29, 1.82) is 0 Å². The molecule has 2 bridgehead atoms. The molecule has 9 heteroatoms. The monoisotopic (exact) mass is 418 g/mol. The molecule has 2 heterocycles. The lowest BCUT2D eigenvalue weighted by Gasteiger charge is -2.32. The number of ether oxygens (including phenoxy) is 1. The van der Waals surface area contributed by atoms with Crippen molar-refractivity contribution in [3.8, 4) is 5.75 Å². The lowest BCUT2D eigenvalue weighted by Crippen LogP contribution is -2.48. The van der Waals surface area contributed by atoms with E-state index in [1.165, 1.54) is 30.0 Å². The summed E-state index contributed by atoms with van der Waals surface area (Å²) in [6.45, 7) is 1.85. The summed E-state index contributed by atoms with van der Waals surface area (Å²) in [5.74, 6) is 3.44. The Bertz CT molecular complexity index is 967. The molecule has 2 aromatic rings. The lowest BCUT2D eigenvalue weighted by atomic mass is 9.88. The zero-order chi connectivity index (χ0) is 20.0. The summed E-state index contributed by atoms with van der Waals surface area (Å²) < 4.78 is 38.0. The van der Waals surface area contributed by atoms with Crippen molar-refractivity contribution in [3.05, 3.63) is 30.1 Å². The van der Waals surface area contributed by atoms with Gasteiger partial charge in [-0.25, -0.2) is 8.42 Å². The molecule has 1 aliphatic heterocycles. The molecule has 0 spiro atoms. The van der Waals surface area contributed by atoms with Gasteiger partial charge in [-0.05, 0) is 55.4 Å². The van der Waals surface area contributed by atoms with Gasteiger partial charge in [0.25, 0.3) is 0 Å². The van der Waals surface area contributed by atoms with E-state index >= 15 is 0 Å². The van der Waals surface area contributed by atoms with Crippen LogP contribution in [-0.4, -0.2) is 56.2 Å². The SMILES string of the molecule is COc1ccc(S(=O)(=O)N2CCN(c3nc(C4C[C@@H]5CC[C@H]4C5)no3)CC2)cc1. The summed E-state index contributed by atoms with van der Waals surface area (Å²) in [6, 6.07) is 7.02. The molecule has 1 aromatic heterocycles. The van der Waals surface area contributed by atoms with Gasteiger partial charge in [-0.1, -0.05) is 11.6 Å². The molecule has 0 N–H and O–H groups in total. The normalized spacial score (nSPS) is 27.5. The molecule has 3 atom stereocenters. The standard InChI is InChI=1S/C20H26N4O4S/c1-27-16-4-6-17(7-5-16)29(25,26)24-10-8-23(9-11-24)20-21-19(22-28-20)18-13-14-2-3-15(18)12-14/h4-7,14-15,18H,2-3,8-13H2,1H3/t14-,15+,18?/m1/s1. The first-order valence-corrected chi connectivity index (χ1v) is 11.7. The number of nitrogens with zero attached hydrogens (tertiary/aromatic N) is 4. The summed E-state index contributed by atoms with van der Waals surface area (Å²) in [5.41, 5.74) is 0. The Balaban J connectivity index is 1.23. The van der Waals surface area contributed by atoms with Gasteiger partial charge < -0.3 is 14.2 Å². The van der Waals surface area contributed by atoms with Crippen LogP contribution in [0.3, 0.4) is 0 Å². The molecule has 8 nitrogen and oxygen atoms in total. The predicted octanol–water partition coefficient (Wildman–Crippen LogP) is 2.49. The van der Waals surface area contributed by atoms with Crippen molar-refractivity contribution in [3.63, 3.8) is 0 Å². The Hall–Kier alpha value is -2.13. The van der Waals surface area contributed by atoms with E-state index in [-0.39, 0.29) is 4.90 Å². The lowest BCUT2D eigenvalue weighted by molar-refractivity contribution is 0.346. The largest absolute Gasteiger partial charge is 0.497 e. The number of rotatable bonds is 5. The minimum absolute atomic E-state index is 0.281. The quantitative estimate of drug-likeness (QED) is 0.737. The highest BCUT2D eigenvalue weighted by Gasteiger charge is 2.42. The second-order valence-electron chi connectivity index (χ2n) is 8.28. The summed E-state index contributed by atoms with van der Waals surface area (Å²) in [6.07, 6.45) is 5.10. The number of benzene rings is 1. The van der Waals surface area contributed by atoms with E-state index in [0.717, 1.165) is 11.7 Å². The number of sulfonamides is 1. The van der Waals surface area contributed by atoms with Crippen molar-refractivity contribution < 1.29 is 17.7 Å². The maximum atomic E-state index is 12.9. The predicted molar refractivity (Wildman–Crippen MR) is 106 cm³/mol. The highest BCUT2D eigenvalue weighted by Crippen LogP contribution is 2.52. The highest BCUT2D eigenvalue weighted by atomic mass is 32.2. The third kappa shape index (κ3) is 3.40. The molecule has 156 valence electrons. The third-order valence-corrected chi connectivity index (χ3v) is 8.62. The van der Waals surface area contributed by atoms with E-state index < -0.39 is 10.0 Å². The number of hydrogen-bond acceptors (Lipinski definition) is 7. The molecule has 1 saturated heterocycles. The number of methoxy groups -OCH3 is 1. The molecule has 3 fully saturated rings. The van der Waals surface area contributed by atoms with Crippen LogP contribution in [0, 0.1) is 11.8 Å². The molecule has 1 unspecified atom stereocenters. The number of fused-ring (bicyclic) bond motifs is 2. The fourth-order valence-electron chi connectivity index (χ4n) is 5.08. The molecule has 3 aliphatic rings. The summed E-state index contributed by atoms with van der Waals surface area (Å²) >= 11 is 0. The van der Waals surface area contributed by atoms with Crippen molar-refractivity contribution in [1.82, 2.24) is 14.4 Å². The smallest absolute Gasteiger partial charge is 0.324 e. The molecule has 1 aromatic carbocycles. The Morgan fingerprint density at radius 1 is 1.07 bits per heavy atom. The molecule has 2 saturated carbocycles. The van der Waals surface area contributed by atoms with Crippen LogP contribution in [0.2, 0.25) is 0 Å². The first kappa shape index (κ1) is 18.9. The van der Waals surface area contributed by atoms with Crippen LogP contribution >= 0.6 is 0 Å². The van der Waals surface area contributed by atoms with E-state index in [4.69, 9.17) is 9.26 Å². The maximum absolute atomic E-state index is 12.9. The molecule has 2 aliphatic carbocycles. The van der Waals surface area contributed by atoms with Crippen LogP contribution in [0.1, 0.15) is 37.4 Å². The van der Waals surface area contributed by atoms with Gasteiger partial charge in [0.1, 0.15) is 5.75 Å². The van der Waals surface area contributed by atoms with E-state index in [2.05, 4.69) is 10.1 Å². The van der Waals surface area contributed by atoms with Crippen LogP contribution in [-0.2, 0) is 10.0 Å². The van der Waals surface area contributed by atoms with E-state index in [9.17, 15) is 8.42 Å². The number of hydrogen-bond donors (Lipinski definition) is 0. The van der Waals surface area contributed by atoms with Crippen LogP contribution in [0.5, 0.6) is 5.75 Å². The van der Waals surface area contributed by atoms with Gasteiger partial charge in [0, 0.05) is 32.1 Å². The number of aromatic nitrogens is 2. The zero-order valence-electron chi connectivity index (χ0n) is 16.5. The minimum Gasteiger partial charge on any atom is -0.497 e. The zero-order valence-corrected chi connectivity index (χ0v) is 17.3. The molecule has 29 heavy (non-hydrogen) atoms. The number of piperazine rings is 1. The van der Waals surface area contributed by atoms with Gasteiger partial charge in [-0.2, -0.15) is 9.29 Å². The highest BCUT2D eigenvalue weighted by molar-refractivity contribution is 7.89. The van der Waals surface area contributed by atoms with Gasteiger partial charge in [0.05, 0.1) is 12.0 Å². The molecule has 0 amide bonds. The van der Waals surface area contributed by atoms with Crippen LogP contribution < -0.4 is 9.64 Å².